The number of ether oxygens (including phenoxy) is 1. The third-order valence-electron chi connectivity index (χ3n) is 5.15. The molecule has 0 aliphatic carbocycles. The first kappa shape index (κ1) is 19.5. The molecule has 160 valence electrons. The molecular weight excluding hydrogens is 411 g/mol. The predicted octanol–water partition coefficient (Wildman–Crippen LogP) is 3.50. The number of alkyl halides is 3. The van der Waals surface area contributed by atoms with E-state index in [0.29, 0.717) is 36.1 Å². The lowest BCUT2D eigenvalue weighted by Crippen LogP contribution is -2.43. The molecule has 1 saturated heterocycles. The smallest absolute Gasteiger partial charge is 0.365 e. The molecule has 31 heavy (non-hydrogen) atoms. The number of fused-ring (bicyclic) bond motifs is 1. The highest BCUT2D eigenvalue weighted by Gasteiger charge is 2.31. The van der Waals surface area contributed by atoms with Crippen molar-refractivity contribution in [3.63, 3.8) is 0 Å². The van der Waals surface area contributed by atoms with Crippen molar-refractivity contribution in [2.24, 2.45) is 0 Å². The summed E-state index contributed by atoms with van der Waals surface area (Å²) >= 11 is 0. The van der Waals surface area contributed by atoms with Crippen LogP contribution in [0.1, 0.15) is 24.3 Å². The number of imidazole rings is 1. The number of aromatic amines is 1. The van der Waals surface area contributed by atoms with Crippen molar-refractivity contribution in [2.45, 2.75) is 25.3 Å². The van der Waals surface area contributed by atoms with E-state index in [4.69, 9.17) is 4.74 Å². The molecule has 0 aromatic carbocycles. The average molecular weight is 429 g/mol. The van der Waals surface area contributed by atoms with Crippen LogP contribution in [-0.4, -0.2) is 48.7 Å². The molecule has 1 aliphatic heterocycles. The summed E-state index contributed by atoms with van der Waals surface area (Å²) in [6.07, 6.45) is 1.07. The number of anilines is 1. The Morgan fingerprint density at radius 1 is 1.10 bits per heavy atom. The summed E-state index contributed by atoms with van der Waals surface area (Å²) in [5.41, 5.74) is 1.44. The van der Waals surface area contributed by atoms with E-state index in [9.17, 15) is 13.2 Å². The topological polar surface area (TPSA) is 84.2 Å². The highest BCUT2D eigenvalue weighted by atomic mass is 19.4. The Morgan fingerprint density at radius 3 is 2.74 bits per heavy atom. The van der Waals surface area contributed by atoms with Gasteiger partial charge < -0.3 is 9.64 Å². The third-order valence-corrected chi connectivity index (χ3v) is 5.15. The van der Waals surface area contributed by atoms with Gasteiger partial charge in [0.25, 0.3) is 0 Å². The van der Waals surface area contributed by atoms with E-state index >= 15 is 0 Å². The van der Waals surface area contributed by atoms with Gasteiger partial charge in [0.2, 0.25) is 5.95 Å². The quantitative estimate of drug-likeness (QED) is 0.537. The van der Waals surface area contributed by atoms with Gasteiger partial charge in [-0.05, 0) is 31.2 Å². The molecule has 1 N–H and O–H groups in total. The van der Waals surface area contributed by atoms with Crippen LogP contribution in [0.2, 0.25) is 0 Å². The number of morpholine rings is 1. The molecule has 5 rings (SSSR count). The third kappa shape index (κ3) is 3.72. The molecule has 4 aromatic heterocycles. The molecule has 0 amide bonds. The number of H-pyrrole nitrogens is 1. The van der Waals surface area contributed by atoms with Crippen LogP contribution in [0.5, 0.6) is 0 Å². The second-order valence-corrected chi connectivity index (χ2v) is 7.38. The zero-order chi connectivity index (χ0) is 21.6. The summed E-state index contributed by atoms with van der Waals surface area (Å²) in [5.74, 6) is 0.471. The molecule has 0 unspecified atom stereocenters. The minimum absolute atomic E-state index is 0.0700. The fraction of sp³-hybridized carbons (Fsp3) is 0.300. The van der Waals surface area contributed by atoms with Gasteiger partial charge in [0, 0.05) is 25.1 Å². The number of nitrogens with zero attached hydrogens (tertiary/aromatic N) is 6. The van der Waals surface area contributed by atoms with Crippen molar-refractivity contribution in [1.29, 1.82) is 0 Å². The second kappa shape index (κ2) is 7.34. The molecule has 8 nitrogen and oxygen atoms in total. The number of hydrogen-bond acceptors (Lipinski definition) is 6. The standard InChI is InChI=1S/C20H18F3N7O/c1-12-9-29(11-17(31-12)15-5-7-26-28-15)19-24-6-4-14(27-19)16-8-25-18-3-2-13(10-30(16)18)20(21,22)23/h2-8,10,12,17H,9,11H2,1H3,(H,26,28)/t12-,17-/m0/s1. The average Bonchev–Trinajstić information content (AvgIpc) is 3.42. The van der Waals surface area contributed by atoms with Gasteiger partial charge in [0.1, 0.15) is 11.8 Å². The summed E-state index contributed by atoms with van der Waals surface area (Å²) in [7, 11) is 0. The Balaban J connectivity index is 1.49. The fourth-order valence-corrected chi connectivity index (χ4v) is 3.71. The van der Waals surface area contributed by atoms with Gasteiger partial charge in [-0.25, -0.2) is 15.0 Å². The highest BCUT2D eigenvalue weighted by molar-refractivity contribution is 5.61. The maximum atomic E-state index is 13.2. The maximum absolute atomic E-state index is 13.2. The molecular formula is C20H18F3N7O. The molecule has 0 radical (unpaired) electrons. The summed E-state index contributed by atoms with van der Waals surface area (Å²) in [6.45, 7) is 3.06. The lowest BCUT2D eigenvalue weighted by atomic mass is 10.2. The molecule has 1 fully saturated rings. The van der Waals surface area contributed by atoms with Crippen LogP contribution < -0.4 is 4.90 Å². The second-order valence-electron chi connectivity index (χ2n) is 7.38. The van der Waals surface area contributed by atoms with E-state index < -0.39 is 11.7 Å². The van der Waals surface area contributed by atoms with Crippen molar-refractivity contribution in [3.8, 4) is 11.4 Å². The summed E-state index contributed by atoms with van der Waals surface area (Å²) in [6, 6.07) is 5.87. The fourth-order valence-electron chi connectivity index (χ4n) is 3.71. The molecule has 0 spiro atoms. The van der Waals surface area contributed by atoms with Gasteiger partial charge in [-0.1, -0.05) is 0 Å². The SMILES string of the molecule is C[C@H]1CN(c2nccc(-c3cnc4ccc(C(F)(F)F)cn34)n2)C[C@@H](c2ccn[nH]2)O1. The van der Waals surface area contributed by atoms with Gasteiger partial charge in [-0.15, -0.1) is 0 Å². The molecule has 0 bridgehead atoms. The van der Waals surface area contributed by atoms with E-state index in [1.807, 2.05) is 17.9 Å². The number of pyridine rings is 1. The molecule has 11 heteroatoms. The monoisotopic (exact) mass is 429 g/mol. The lowest BCUT2D eigenvalue weighted by molar-refractivity contribution is -0.137. The van der Waals surface area contributed by atoms with E-state index in [-0.39, 0.29) is 12.2 Å². The summed E-state index contributed by atoms with van der Waals surface area (Å²) in [5, 5.41) is 6.90. The Labute approximate surface area is 174 Å². The first-order valence-electron chi connectivity index (χ1n) is 9.66. The van der Waals surface area contributed by atoms with Crippen LogP contribution in [0.3, 0.4) is 0 Å². The van der Waals surface area contributed by atoms with Crippen LogP contribution in [0.4, 0.5) is 19.1 Å². The molecule has 0 saturated carbocycles. The number of nitrogens with one attached hydrogen (secondary N) is 1. The number of aromatic nitrogens is 6. The van der Waals surface area contributed by atoms with Crippen LogP contribution in [0, 0.1) is 0 Å². The molecule has 4 aromatic rings. The van der Waals surface area contributed by atoms with Crippen LogP contribution in [-0.2, 0) is 10.9 Å². The first-order valence-corrected chi connectivity index (χ1v) is 9.66. The van der Waals surface area contributed by atoms with Gasteiger partial charge in [-0.3, -0.25) is 9.50 Å². The Morgan fingerprint density at radius 2 is 1.97 bits per heavy atom. The van der Waals surface area contributed by atoms with Gasteiger partial charge >= 0.3 is 6.18 Å². The minimum atomic E-state index is -4.45. The van der Waals surface area contributed by atoms with Crippen molar-refractivity contribution in [1.82, 2.24) is 29.5 Å². The van der Waals surface area contributed by atoms with Crippen molar-refractivity contribution in [2.75, 3.05) is 18.0 Å². The summed E-state index contributed by atoms with van der Waals surface area (Å²) < 4.78 is 46.9. The van der Waals surface area contributed by atoms with E-state index in [1.165, 1.54) is 16.7 Å². The van der Waals surface area contributed by atoms with Crippen molar-refractivity contribution in [3.05, 3.63) is 60.3 Å². The van der Waals surface area contributed by atoms with Crippen LogP contribution >= 0.6 is 0 Å². The van der Waals surface area contributed by atoms with Crippen LogP contribution in [0.15, 0.2) is 49.1 Å². The Kier molecular flexibility index (Phi) is 4.62. The van der Waals surface area contributed by atoms with E-state index in [2.05, 4.69) is 25.1 Å². The molecule has 1 aliphatic rings. The number of rotatable bonds is 3. The van der Waals surface area contributed by atoms with Gasteiger partial charge in [0.15, 0.2) is 0 Å². The largest absolute Gasteiger partial charge is 0.417 e. The summed E-state index contributed by atoms with van der Waals surface area (Å²) in [4.78, 5) is 15.2. The van der Waals surface area contributed by atoms with Gasteiger partial charge in [-0.2, -0.15) is 18.3 Å². The zero-order valence-electron chi connectivity index (χ0n) is 16.4. The molecule has 5 heterocycles. The van der Waals surface area contributed by atoms with E-state index in [1.54, 1.807) is 18.5 Å². The number of halogens is 3. The Hall–Kier alpha value is -3.47. The minimum Gasteiger partial charge on any atom is -0.365 e. The lowest BCUT2D eigenvalue weighted by Gasteiger charge is -2.36. The normalized spacial score (nSPS) is 19.8. The van der Waals surface area contributed by atoms with Crippen molar-refractivity contribution < 1.29 is 17.9 Å². The van der Waals surface area contributed by atoms with Crippen LogP contribution in [0.25, 0.3) is 17.0 Å². The van der Waals surface area contributed by atoms with Crippen molar-refractivity contribution >= 4 is 11.6 Å². The highest BCUT2D eigenvalue weighted by Crippen LogP contribution is 2.31. The predicted molar refractivity (Wildman–Crippen MR) is 105 cm³/mol. The number of hydrogen-bond donors (Lipinski definition) is 1. The molecule has 2 atom stereocenters. The zero-order valence-corrected chi connectivity index (χ0v) is 16.4. The first-order chi connectivity index (χ1) is 14.9. The Bertz CT molecular complexity index is 1210. The van der Waals surface area contributed by atoms with Gasteiger partial charge in [0.05, 0.1) is 41.5 Å². The maximum Gasteiger partial charge on any atom is 0.417 e. The van der Waals surface area contributed by atoms with E-state index in [0.717, 1.165) is 18.0 Å².